The van der Waals surface area contributed by atoms with Gasteiger partial charge in [0.25, 0.3) is 0 Å². The van der Waals surface area contributed by atoms with Crippen molar-refractivity contribution in [3.63, 3.8) is 0 Å². The molecular formula is C10H15BrN2O2S. The van der Waals surface area contributed by atoms with Crippen LogP contribution in [0.3, 0.4) is 0 Å². The summed E-state index contributed by atoms with van der Waals surface area (Å²) in [5, 5.41) is 4.81. The van der Waals surface area contributed by atoms with Crippen LogP contribution in [0.4, 0.5) is 0 Å². The molecule has 0 saturated heterocycles. The summed E-state index contributed by atoms with van der Waals surface area (Å²) in [6, 6.07) is 1.96. The van der Waals surface area contributed by atoms with Crippen molar-refractivity contribution in [2.24, 2.45) is 5.73 Å². The van der Waals surface area contributed by atoms with Crippen molar-refractivity contribution >= 4 is 33.2 Å². The molecule has 3 N–H and O–H groups in total. The maximum Gasteiger partial charge on any atom is 0.222 e. The molecular weight excluding hydrogens is 292 g/mol. The molecule has 1 unspecified atom stereocenters. The number of nitrogens with one attached hydrogen (secondary N) is 1. The van der Waals surface area contributed by atoms with E-state index in [-0.39, 0.29) is 12.0 Å². The molecule has 4 nitrogen and oxygen atoms in total. The Labute approximate surface area is 107 Å². The molecule has 0 radical (unpaired) electrons. The number of carbonyl (C=O) groups excluding carboxylic acids is 1. The first-order valence-corrected chi connectivity index (χ1v) is 6.56. The highest BCUT2D eigenvalue weighted by atomic mass is 79.9. The zero-order valence-corrected chi connectivity index (χ0v) is 11.4. The number of amides is 1. The Morgan fingerprint density at radius 2 is 2.50 bits per heavy atom. The van der Waals surface area contributed by atoms with Crippen LogP contribution in [-0.4, -0.2) is 25.7 Å². The number of hydrogen-bond donors (Lipinski definition) is 2. The Morgan fingerprint density at radius 3 is 3.00 bits per heavy atom. The van der Waals surface area contributed by atoms with Crippen molar-refractivity contribution in [2.75, 3.05) is 13.7 Å². The van der Waals surface area contributed by atoms with E-state index in [9.17, 15) is 4.79 Å². The summed E-state index contributed by atoms with van der Waals surface area (Å²) in [5.74, 6) is -0.0439. The quantitative estimate of drug-likeness (QED) is 0.837. The Morgan fingerprint density at radius 1 is 1.75 bits per heavy atom. The van der Waals surface area contributed by atoms with Gasteiger partial charge in [0, 0.05) is 23.0 Å². The van der Waals surface area contributed by atoms with E-state index in [1.165, 1.54) is 0 Å². The highest BCUT2D eigenvalue weighted by Gasteiger charge is 2.11. The van der Waals surface area contributed by atoms with Crippen LogP contribution >= 0.6 is 27.3 Å². The predicted octanol–water partition coefficient (Wildman–Crippen LogP) is 1.49. The standard InChI is InChI=1S/C10H15BrN2O2S/c1-15-7(5-12)4-10(14)13-6-9-8(11)2-3-16-9/h2-3,7H,4-6,12H2,1H3,(H,13,14). The number of thiophene rings is 1. The molecule has 1 amide bonds. The van der Waals surface area contributed by atoms with E-state index in [0.717, 1.165) is 9.35 Å². The van der Waals surface area contributed by atoms with Crippen molar-refractivity contribution in [3.8, 4) is 0 Å². The first kappa shape index (κ1) is 13.6. The molecule has 1 aromatic heterocycles. The summed E-state index contributed by atoms with van der Waals surface area (Å²) in [6.07, 6.45) is 0.0995. The number of nitrogens with two attached hydrogens (primary N) is 1. The zero-order valence-electron chi connectivity index (χ0n) is 9.03. The summed E-state index contributed by atoms with van der Waals surface area (Å²) in [7, 11) is 1.56. The summed E-state index contributed by atoms with van der Waals surface area (Å²) in [4.78, 5) is 12.6. The van der Waals surface area contributed by atoms with E-state index >= 15 is 0 Å². The lowest BCUT2D eigenvalue weighted by molar-refractivity contribution is -0.123. The molecule has 0 fully saturated rings. The molecule has 1 heterocycles. The van der Waals surface area contributed by atoms with Crippen LogP contribution in [0.5, 0.6) is 0 Å². The molecule has 0 bridgehead atoms. The number of methoxy groups -OCH3 is 1. The molecule has 16 heavy (non-hydrogen) atoms. The molecule has 1 atom stereocenters. The van der Waals surface area contributed by atoms with Gasteiger partial charge in [0.15, 0.2) is 0 Å². The van der Waals surface area contributed by atoms with Gasteiger partial charge in [-0.15, -0.1) is 11.3 Å². The molecule has 0 saturated carbocycles. The van der Waals surface area contributed by atoms with Crippen LogP contribution in [0.25, 0.3) is 0 Å². The molecule has 0 spiro atoms. The van der Waals surface area contributed by atoms with E-state index in [1.807, 2.05) is 11.4 Å². The lowest BCUT2D eigenvalue weighted by Crippen LogP contribution is -2.31. The molecule has 0 aliphatic carbocycles. The van der Waals surface area contributed by atoms with Gasteiger partial charge >= 0.3 is 0 Å². The molecule has 0 aromatic carbocycles. The second-order valence-electron chi connectivity index (χ2n) is 3.27. The SMILES string of the molecule is COC(CN)CC(=O)NCc1sccc1Br. The van der Waals surface area contributed by atoms with E-state index in [0.29, 0.717) is 19.5 Å². The Bertz CT molecular complexity index is 339. The third-order valence-corrected chi connectivity index (χ3v) is 4.07. The Hall–Kier alpha value is -0.430. The molecule has 90 valence electrons. The zero-order chi connectivity index (χ0) is 12.0. The van der Waals surface area contributed by atoms with Gasteiger partial charge in [-0.05, 0) is 27.4 Å². The van der Waals surface area contributed by atoms with Gasteiger partial charge in [-0.1, -0.05) is 0 Å². The average molecular weight is 307 g/mol. The minimum atomic E-state index is -0.202. The first-order chi connectivity index (χ1) is 7.67. The topological polar surface area (TPSA) is 64.3 Å². The maximum absolute atomic E-state index is 11.5. The summed E-state index contributed by atoms with van der Waals surface area (Å²) < 4.78 is 6.07. The van der Waals surface area contributed by atoms with E-state index in [2.05, 4.69) is 21.2 Å². The Kier molecular flexibility index (Phi) is 5.97. The minimum absolute atomic E-state index is 0.0439. The van der Waals surface area contributed by atoms with Crippen molar-refractivity contribution in [1.29, 1.82) is 0 Å². The van der Waals surface area contributed by atoms with E-state index in [4.69, 9.17) is 10.5 Å². The van der Waals surface area contributed by atoms with Gasteiger partial charge in [0.1, 0.15) is 0 Å². The van der Waals surface area contributed by atoms with Gasteiger partial charge in [0.05, 0.1) is 19.1 Å². The third kappa shape index (κ3) is 4.21. The average Bonchev–Trinajstić information content (AvgIpc) is 2.69. The van der Waals surface area contributed by atoms with Gasteiger partial charge in [-0.2, -0.15) is 0 Å². The van der Waals surface area contributed by atoms with Crippen LogP contribution in [0, 0.1) is 0 Å². The lowest BCUT2D eigenvalue weighted by Gasteiger charge is -2.12. The van der Waals surface area contributed by atoms with E-state index < -0.39 is 0 Å². The highest BCUT2D eigenvalue weighted by molar-refractivity contribution is 9.10. The van der Waals surface area contributed by atoms with Gasteiger partial charge in [0.2, 0.25) is 5.91 Å². The lowest BCUT2D eigenvalue weighted by atomic mass is 10.2. The predicted molar refractivity (Wildman–Crippen MR) is 68.3 cm³/mol. The van der Waals surface area contributed by atoms with Crippen LogP contribution in [0.1, 0.15) is 11.3 Å². The highest BCUT2D eigenvalue weighted by Crippen LogP contribution is 2.22. The molecule has 0 aliphatic heterocycles. The molecule has 1 aromatic rings. The summed E-state index contributed by atoms with van der Waals surface area (Å²) in [6.45, 7) is 0.894. The monoisotopic (exact) mass is 306 g/mol. The van der Waals surface area contributed by atoms with Gasteiger partial charge < -0.3 is 15.8 Å². The summed E-state index contributed by atoms with van der Waals surface area (Å²) in [5.41, 5.74) is 5.44. The third-order valence-electron chi connectivity index (χ3n) is 2.15. The van der Waals surface area contributed by atoms with Crippen LogP contribution in [0.15, 0.2) is 15.9 Å². The first-order valence-electron chi connectivity index (χ1n) is 4.88. The van der Waals surface area contributed by atoms with Crippen molar-refractivity contribution < 1.29 is 9.53 Å². The fourth-order valence-corrected chi connectivity index (χ4v) is 2.60. The smallest absolute Gasteiger partial charge is 0.222 e. The normalized spacial score (nSPS) is 12.4. The van der Waals surface area contributed by atoms with Crippen LogP contribution in [0.2, 0.25) is 0 Å². The molecule has 1 rings (SSSR count). The van der Waals surface area contributed by atoms with Crippen LogP contribution < -0.4 is 11.1 Å². The fourth-order valence-electron chi connectivity index (χ4n) is 1.17. The number of carbonyl (C=O) groups is 1. The summed E-state index contributed by atoms with van der Waals surface area (Å²) >= 11 is 5.01. The minimum Gasteiger partial charge on any atom is -0.380 e. The van der Waals surface area contributed by atoms with Gasteiger partial charge in [-0.3, -0.25) is 4.79 Å². The molecule has 6 heteroatoms. The van der Waals surface area contributed by atoms with E-state index in [1.54, 1.807) is 18.4 Å². The van der Waals surface area contributed by atoms with Crippen molar-refractivity contribution in [1.82, 2.24) is 5.32 Å². The fraction of sp³-hybridized carbons (Fsp3) is 0.500. The number of rotatable bonds is 6. The van der Waals surface area contributed by atoms with Crippen molar-refractivity contribution in [2.45, 2.75) is 19.1 Å². The Balaban J connectivity index is 2.33. The molecule has 0 aliphatic rings. The second-order valence-corrected chi connectivity index (χ2v) is 5.12. The van der Waals surface area contributed by atoms with Gasteiger partial charge in [-0.25, -0.2) is 0 Å². The largest absolute Gasteiger partial charge is 0.380 e. The number of halogens is 1. The number of hydrogen-bond acceptors (Lipinski definition) is 4. The number of ether oxygens (including phenoxy) is 1. The second kappa shape index (κ2) is 7.01. The maximum atomic E-state index is 11.5. The van der Waals surface area contributed by atoms with Crippen LogP contribution in [-0.2, 0) is 16.1 Å². The van der Waals surface area contributed by atoms with Crippen molar-refractivity contribution in [3.05, 3.63) is 20.8 Å².